The molecular weight excluding hydrogens is 440 g/mol. The molecule has 0 bridgehead atoms. The number of aromatic hydroxyl groups is 1. The van der Waals surface area contributed by atoms with Gasteiger partial charge in [-0.15, -0.1) is 0 Å². The van der Waals surface area contributed by atoms with Gasteiger partial charge in [0.05, 0.1) is 5.39 Å². The molecule has 0 saturated carbocycles. The lowest BCUT2D eigenvalue weighted by Gasteiger charge is -2.03. The van der Waals surface area contributed by atoms with Crippen LogP contribution in [0, 0.1) is 0 Å². The van der Waals surface area contributed by atoms with Gasteiger partial charge in [0.25, 0.3) is 0 Å². The molecule has 0 fully saturated rings. The van der Waals surface area contributed by atoms with E-state index in [-0.39, 0.29) is 22.0 Å². The van der Waals surface area contributed by atoms with Crippen LogP contribution < -0.4 is 10.9 Å². The summed E-state index contributed by atoms with van der Waals surface area (Å²) in [4.78, 5) is 23.9. The van der Waals surface area contributed by atoms with Crippen molar-refractivity contribution in [2.45, 2.75) is 0 Å². The van der Waals surface area contributed by atoms with Crippen molar-refractivity contribution in [2.75, 3.05) is 0 Å². The third-order valence-corrected chi connectivity index (χ3v) is 5.48. The van der Waals surface area contributed by atoms with Crippen LogP contribution in [0.4, 0.5) is 0 Å². The van der Waals surface area contributed by atoms with Gasteiger partial charge in [0, 0.05) is 23.3 Å². The zero-order chi connectivity index (χ0) is 24.2. The molecule has 0 spiro atoms. The second-order valence-corrected chi connectivity index (χ2v) is 7.83. The maximum Gasteiger partial charge on any atom is 0.197 e. The second kappa shape index (κ2) is 9.53. The van der Waals surface area contributed by atoms with Gasteiger partial charge in [-0.25, -0.2) is 0 Å². The Morgan fingerprint density at radius 3 is 1.69 bits per heavy atom. The number of phenolic OH excluding ortho intramolecular Hbond substituents is 1. The van der Waals surface area contributed by atoms with Crippen LogP contribution in [-0.2, 0) is 0 Å². The molecule has 0 atom stereocenters. The topological polar surface area (TPSA) is 80.6 Å². The molecule has 1 N–H and O–H groups in total. The van der Waals surface area contributed by atoms with Gasteiger partial charge < -0.3 is 13.9 Å². The zero-order valence-corrected chi connectivity index (χ0v) is 18.5. The molecule has 4 aromatic carbocycles. The molecule has 0 aliphatic carbocycles. The normalized spacial score (nSPS) is 10.6. The second-order valence-electron chi connectivity index (χ2n) is 7.83. The van der Waals surface area contributed by atoms with Crippen LogP contribution in [0.15, 0.2) is 134 Å². The van der Waals surface area contributed by atoms with E-state index in [1.54, 1.807) is 18.2 Å². The van der Waals surface area contributed by atoms with E-state index < -0.39 is 0 Å². The van der Waals surface area contributed by atoms with Gasteiger partial charge in [-0.3, -0.25) is 9.59 Å². The van der Waals surface area contributed by atoms with Gasteiger partial charge in [0.15, 0.2) is 10.9 Å². The Morgan fingerprint density at radius 1 is 0.514 bits per heavy atom. The van der Waals surface area contributed by atoms with E-state index in [4.69, 9.17) is 8.83 Å². The summed E-state index contributed by atoms with van der Waals surface area (Å²) in [5.41, 5.74) is 2.51. The minimum atomic E-state index is -0.242. The molecule has 0 aliphatic heterocycles. The van der Waals surface area contributed by atoms with Crippen LogP contribution in [-0.4, -0.2) is 5.11 Å². The van der Waals surface area contributed by atoms with Crippen molar-refractivity contribution in [3.8, 4) is 28.4 Å². The van der Waals surface area contributed by atoms with Gasteiger partial charge in [-0.05, 0) is 24.3 Å². The first-order valence-electron chi connectivity index (χ1n) is 11.0. The Balaban J connectivity index is 0.000000145. The molecular formula is C30H20O5. The van der Waals surface area contributed by atoms with Crippen molar-refractivity contribution in [2.24, 2.45) is 0 Å². The van der Waals surface area contributed by atoms with E-state index in [2.05, 4.69) is 0 Å². The molecule has 0 radical (unpaired) electrons. The summed E-state index contributed by atoms with van der Waals surface area (Å²) in [5, 5.41) is 10.5. The summed E-state index contributed by atoms with van der Waals surface area (Å²) in [6.07, 6.45) is 0. The molecule has 35 heavy (non-hydrogen) atoms. The van der Waals surface area contributed by atoms with E-state index in [1.807, 2.05) is 78.9 Å². The zero-order valence-electron chi connectivity index (χ0n) is 18.5. The minimum absolute atomic E-state index is 0.00861. The predicted molar refractivity (Wildman–Crippen MR) is 138 cm³/mol. The first kappa shape index (κ1) is 21.9. The Bertz CT molecular complexity index is 1730. The number of hydrogen-bond acceptors (Lipinski definition) is 5. The standard InChI is InChI=1S/C15H10O3.C15H10O2/c16-11-7-4-8-13-15(11)12(17)9-14(18-13)10-5-2-1-3-6-10;16-13-10-15(11-6-2-1-3-7-11)17-14-9-5-4-8-12(13)14/h1-9,16H;1-10H. The average Bonchev–Trinajstić information content (AvgIpc) is 2.90. The Morgan fingerprint density at radius 2 is 1.03 bits per heavy atom. The number of benzene rings is 4. The van der Waals surface area contributed by atoms with Crippen molar-refractivity contribution in [3.05, 3.63) is 136 Å². The average molecular weight is 460 g/mol. The predicted octanol–water partition coefficient (Wildman–Crippen LogP) is 6.63. The highest BCUT2D eigenvalue weighted by Crippen LogP contribution is 2.26. The van der Waals surface area contributed by atoms with Crippen molar-refractivity contribution in [3.63, 3.8) is 0 Å². The van der Waals surface area contributed by atoms with Crippen LogP contribution in [0.2, 0.25) is 0 Å². The molecule has 5 heteroatoms. The molecule has 0 saturated heterocycles. The van der Waals surface area contributed by atoms with Crippen LogP contribution in [0.5, 0.6) is 5.75 Å². The lowest BCUT2D eigenvalue weighted by molar-refractivity contribution is 0.479. The Kier molecular flexibility index (Phi) is 5.97. The highest BCUT2D eigenvalue weighted by molar-refractivity contribution is 5.84. The maximum absolute atomic E-state index is 12.0. The summed E-state index contributed by atoms with van der Waals surface area (Å²) in [7, 11) is 0. The smallest absolute Gasteiger partial charge is 0.197 e. The van der Waals surface area contributed by atoms with E-state index in [1.165, 1.54) is 18.2 Å². The molecule has 0 unspecified atom stereocenters. The lowest BCUT2D eigenvalue weighted by Crippen LogP contribution is -2.00. The summed E-state index contributed by atoms with van der Waals surface area (Å²) in [6.45, 7) is 0. The van der Waals surface area contributed by atoms with Gasteiger partial charge in [-0.1, -0.05) is 78.9 Å². The highest BCUT2D eigenvalue weighted by atomic mass is 16.3. The van der Waals surface area contributed by atoms with E-state index >= 15 is 0 Å². The Hall–Kier alpha value is -4.90. The van der Waals surface area contributed by atoms with Gasteiger partial charge >= 0.3 is 0 Å². The lowest BCUT2D eigenvalue weighted by atomic mass is 10.1. The SMILES string of the molecule is O=c1cc(-c2ccccc2)oc2cccc(O)c12.O=c1cc(-c2ccccc2)oc2ccccc12. The van der Waals surface area contributed by atoms with Crippen LogP contribution >= 0.6 is 0 Å². The first-order valence-corrected chi connectivity index (χ1v) is 11.0. The fourth-order valence-corrected chi connectivity index (χ4v) is 3.78. The van der Waals surface area contributed by atoms with Crippen molar-refractivity contribution in [1.29, 1.82) is 0 Å². The first-order chi connectivity index (χ1) is 17.1. The molecule has 170 valence electrons. The third kappa shape index (κ3) is 4.61. The molecule has 0 aliphatic rings. The quantitative estimate of drug-likeness (QED) is 0.314. The van der Waals surface area contributed by atoms with Crippen LogP contribution in [0.25, 0.3) is 44.6 Å². The molecule has 5 nitrogen and oxygen atoms in total. The van der Waals surface area contributed by atoms with Crippen LogP contribution in [0.1, 0.15) is 0 Å². The van der Waals surface area contributed by atoms with E-state index in [9.17, 15) is 14.7 Å². The van der Waals surface area contributed by atoms with Crippen molar-refractivity contribution < 1.29 is 13.9 Å². The molecule has 2 aromatic heterocycles. The summed E-state index contributed by atoms with van der Waals surface area (Å²) >= 11 is 0. The number of rotatable bonds is 2. The molecule has 2 heterocycles. The largest absolute Gasteiger partial charge is 0.507 e. The highest BCUT2D eigenvalue weighted by Gasteiger charge is 2.09. The van der Waals surface area contributed by atoms with Gasteiger partial charge in [-0.2, -0.15) is 0 Å². The Labute approximate surface area is 200 Å². The fraction of sp³-hybridized carbons (Fsp3) is 0. The fourth-order valence-electron chi connectivity index (χ4n) is 3.78. The van der Waals surface area contributed by atoms with Crippen molar-refractivity contribution >= 4 is 21.9 Å². The van der Waals surface area contributed by atoms with Gasteiger partial charge in [0.2, 0.25) is 0 Å². The third-order valence-electron chi connectivity index (χ3n) is 5.48. The molecule has 6 aromatic rings. The summed E-state index contributed by atoms with van der Waals surface area (Å²) in [5.74, 6) is 1.05. The number of fused-ring (bicyclic) bond motifs is 2. The van der Waals surface area contributed by atoms with Crippen LogP contribution in [0.3, 0.4) is 0 Å². The van der Waals surface area contributed by atoms with E-state index in [0.29, 0.717) is 28.1 Å². The van der Waals surface area contributed by atoms with E-state index in [0.717, 1.165) is 11.1 Å². The maximum atomic E-state index is 12.0. The number of para-hydroxylation sites is 1. The monoisotopic (exact) mass is 460 g/mol. The summed E-state index contributed by atoms with van der Waals surface area (Å²) < 4.78 is 11.4. The molecule has 6 rings (SSSR count). The summed E-state index contributed by atoms with van der Waals surface area (Å²) in [6, 6.07) is 34.0. The molecule has 0 amide bonds. The van der Waals surface area contributed by atoms with Crippen molar-refractivity contribution in [1.82, 2.24) is 0 Å². The minimum Gasteiger partial charge on any atom is -0.507 e. The number of hydrogen-bond donors (Lipinski definition) is 1. The van der Waals surface area contributed by atoms with Gasteiger partial charge in [0.1, 0.15) is 33.8 Å². The number of phenols is 1.